The molecular weight excluding hydrogens is 416 g/mol. The summed E-state index contributed by atoms with van der Waals surface area (Å²) in [5, 5.41) is 0. The molecule has 0 spiro atoms. The van der Waals surface area contributed by atoms with Gasteiger partial charge in [0.1, 0.15) is 5.75 Å². The molecule has 0 saturated heterocycles. The molecule has 6 nitrogen and oxygen atoms in total. The number of pyridine rings is 1. The van der Waals surface area contributed by atoms with Crippen molar-refractivity contribution in [1.29, 1.82) is 0 Å². The van der Waals surface area contributed by atoms with E-state index in [1.54, 1.807) is 59.6 Å². The lowest BCUT2D eigenvalue weighted by Crippen LogP contribution is -2.34. The number of alkyl halides is 2. The number of aromatic nitrogens is 1. The van der Waals surface area contributed by atoms with Crippen LogP contribution in [0.1, 0.15) is 49.9 Å². The van der Waals surface area contributed by atoms with Gasteiger partial charge < -0.3 is 15.4 Å². The van der Waals surface area contributed by atoms with Crippen LogP contribution in [0, 0.1) is 0 Å². The van der Waals surface area contributed by atoms with Crippen LogP contribution in [0.15, 0.2) is 67.0 Å². The van der Waals surface area contributed by atoms with Crippen LogP contribution >= 0.6 is 0 Å². The quantitative estimate of drug-likeness (QED) is 0.603. The molecule has 0 bridgehead atoms. The Bertz CT molecular complexity index is 1140. The molecule has 32 heavy (non-hydrogen) atoms. The number of benzene rings is 2. The SMILES string of the molecule is NC(=O)c1ccccc1CN(C(=O)c1cccnc1)[C@@H]1CCc2ccc(OC(F)F)cc21. The molecule has 1 aromatic heterocycles. The lowest BCUT2D eigenvalue weighted by molar-refractivity contribution is -0.0499. The summed E-state index contributed by atoms with van der Waals surface area (Å²) < 4.78 is 30.1. The Morgan fingerprint density at radius 2 is 1.97 bits per heavy atom. The smallest absolute Gasteiger partial charge is 0.387 e. The van der Waals surface area contributed by atoms with Crippen molar-refractivity contribution in [2.75, 3.05) is 0 Å². The van der Waals surface area contributed by atoms with Crippen LogP contribution in [0.2, 0.25) is 0 Å². The highest BCUT2D eigenvalue weighted by atomic mass is 19.3. The van der Waals surface area contributed by atoms with Crippen molar-refractivity contribution in [1.82, 2.24) is 9.88 Å². The Balaban J connectivity index is 1.75. The topological polar surface area (TPSA) is 85.5 Å². The second kappa shape index (κ2) is 9.13. The van der Waals surface area contributed by atoms with Crippen LogP contribution in [-0.2, 0) is 13.0 Å². The molecule has 0 radical (unpaired) electrons. The molecule has 1 aliphatic rings. The fraction of sp³-hybridized carbons (Fsp3) is 0.208. The minimum Gasteiger partial charge on any atom is -0.435 e. The van der Waals surface area contributed by atoms with E-state index in [4.69, 9.17) is 5.73 Å². The molecule has 0 fully saturated rings. The number of fused-ring (bicyclic) bond motifs is 1. The lowest BCUT2D eigenvalue weighted by Gasteiger charge is -2.31. The van der Waals surface area contributed by atoms with Crippen LogP contribution < -0.4 is 10.5 Å². The van der Waals surface area contributed by atoms with Crippen LogP contribution in [0.4, 0.5) is 8.78 Å². The van der Waals surface area contributed by atoms with Crippen LogP contribution in [-0.4, -0.2) is 28.3 Å². The number of carbonyl (C=O) groups excluding carboxylic acids is 2. The van der Waals surface area contributed by atoms with Gasteiger partial charge in [-0.2, -0.15) is 8.78 Å². The van der Waals surface area contributed by atoms with E-state index < -0.39 is 12.5 Å². The average Bonchev–Trinajstić information content (AvgIpc) is 3.20. The Labute approximate surface area is 183 Å². The summed E-state index contributed by atoms with van der Waals surface area (Å²) in [6.07, 6.45) is 4.34. The fourth-order valence-corrected chi connectivity index (χ4v) is 4.12. The summed E-state index contributed by atoms with van der Waals surface area (Å²) >= 11 is 0. The van der Waals surface area contributed by atoms with E-state index in [9.17, 15) is 18.4 Å². The summed E-state index contributed by atoms with van der Waals surface area (Å²) in [7, 11) is 0. The first-order chi connectivity index (χ1) is 15.4. The van der Waals surface area contributed by atoms with Crippen molar-refractivity contribution in [3.8, 4) is 5.75 Å². The van der Waals surface area contributed by atoms with Gasteiger partial charge in [0.2, 0.25) is 5.91 Å². The Morgan fingerprint density at radius 1 is 1.16 bits per heavy atom. The highest BCUT2D eigenvalue weighted by molar-refractivity contribution is 5.96. The maximum Gasteiger partial charge on any atom is 0.387 e. The number of ether oxygens (including phenoxy) is 1. The predicted octanol–water partition coefficient (Wildman–Crippen LogP) is 4.11. The number of hydrogen-bond acceptors (Lipinski definition) is 4. The van der Waals surface area contributed by atoms with E-state index >= 15 is 0 Å². The molecule has 2 N–H and O–H groups in total. The van der Waals surface area contributed by atoms with Crippen molar-refractivity contribution in [2.24, 2.45) is 5.73 Å². The van der Waals surface area contributed by atoms with Gasteiger partial charge in [0.05, 0.1) is 11.6 Å². The van der Waals surface area contributed by atoms with Gasteiger partial charge >= 0.3 is 6.61 Å². The third kappa shape index (κ3) is 4.44. The van der Waals surface area contributed by atoms with Crippen LogP contribution in [0.5, 0.6) is 5.75 Å². The molecule has 1 aliphatic carbocycles. The number of nitrogens with zero attached hydrogens (tertiary/aromatic N) is 2. The summed E-state index contributed by atoms with van der Waals surface area (Å²) in [5.74, 6) is -0.832. The van der Waals surface area contributed by atoms with Crippen molar-refractivity contribution in [3.63, 3.8) is 0 Å². The number of nitrogens with two attached hydrogens (primary N) is 1. The molecular formula is C24H21F2N3O3. The first-order valence-corrected chi connectivity index (χ1v) is 10.1. The number of halogens is 2. The summed E-state index contributed by atoms with van der Waals surface area (Å²) in [6.45, 7) is -2.82. The van der Waals surface area contributed by atoms with Gasteiger partial charge in [-0.1, -0.05) is 24.3 Å². The van der Waals surface area contributed by atoms with Crippen molar-refractivity contribution < 1.29 is 23.1 Å². The number of primary amides is 1. The molecule has 4 rings (SSSR count). The van der Waals surface area contributed by atoms with Crippen LogP contribution in [0.3, 0.4) is 0 Å². The van der Waals surface area contributed by atoms with E-state index in [0.29, 0.717) is 29.5 Å². The second-order valence-corrected chi connectivity index (χ2v) is 7.49. The minimum atomic E-state index is -2.94. The molecule has 2 aromatic carbocycles. The van der Waals surface area contributed by atoms with Gasteiger partial charge in [0.15, 0.2) is 0 Å². The van der Waals surface area contributed by atoms with Gasteiger partial charge in [-0.05, 0) is 59.9 Å². The zero-order valence-corrected chi connectivity index (χ0v) is 17.1. The third-order valence-corrected chi connectivity index (χ3v) is 5.56. The van der Waals surface area contributed by atoms with Crippen molar-refractivity contribution in [2.45, 2.75) is 32.0 Å². The Kier molecular flexibility index (Phi) is 6.11. The maximum atomic E-state index is 13.5. The van der Waals surface area contributed by atoms with Gasteiger partial charge in [-0.15, -0.1) is 0 Å². The van der Waals surface area contributed by atoms with Gasteiger partial charge in [-0.25, -0.2) is 0 Å². The Morgan fingerprint density at radius 3 is 2.69 bits per heavy atom. The van der Waals surface area contributed by atoms with E-state index in [1.165, 1.54) is 12.3 Å². The maximum absolute atomic E-state index is 13.5. The standard InChI is InChI=1S/C24H21F2N3O3/c25-24(26)32-18-9-7-15-8-10-21(20(15)12-18)29(23(31)16-5-3-11-28-13-16)14-17-4-1-2-6-19(17)22(27)30/h1-7,9,11-13,21,24H,8,10,14H2,(H2,27,30)/t21-/m1/s1. The Hall–Kier alpha value is -3.81. The summed E-state index contributed by atoms with van der Waals surface area (Å²) in [6, 6.07) is 14.6. The summed E-state index contributed by atoms with van der Waals surface area (Å²) in [4.78, 5) is 31.1. The normalized spacial score (nSPS) is 14.8. The lowest BCUT2D eigenvalue weighted by atomic mass is 10.0. The molecule has 1 atom stereocenters. The molecule has 164 valence electrons. The number of aryl methyl sites for hydroxylation is 1. The second-order valence-electron chi connectivity index (χ2n) is 7.49. The predicted molar refractivity (Wildman–Crippen MR) is 113 cm³/mol. The van der Waals surface area contributed by atoms with Crippen LogP contribution in [0.25, 0.3) is 0 Å². The largest absolute Gasteiger partial charge is 0.435 e. The molecule has 1 heterocycles. The van der Waals surface area contributed by atoms with Gasteiger partial charge in [-0.3, -0.25) is 14.6 Å². The molecule has 0 unspecified atom stereocenters. The zero-order chi connectivity index (χ0) is 22.7. The first kappa shape index (κ1) is 21.4. The highest BCUT2D eigenvalue weighted by Gasteiger charge is 2.33. The number of amides is 2. The van der Waals surface area contributed by atoms with E-state index in [2.05, 4.69) is 9.72 Å². The van der Waals surface area contributed by atoms with E-state index in [1.807, 2.05) is 0 Å². The number of rotatable bonds is 7. The highest BCUT2D eigenvalue weighted by Crippen LogP contribution is 2.39. The molecule has 0 saturated carbocycles. The third-order valence-electron chi connectivity index (χ3n) is 5.56. The van der Waals surface area contributed by atoms with Gasteiger partial charge in [0, 0.05) is 24.5 Å². The molecule has 8 heteroatoms. The molecule has 0 aliphatic heterocycles. The van der Waals surface area contributed by atoms with Crippen molar-refractivity contribution in [3.05, 3.63) is 94.8 Å². The number of carbonyl (C=O) groups is 2. The van der Waals surface area contributed by atoms with E-state index in [-0.39, 0.29) is 24.2 Å². The molecule has 3 aromatic rings. The van der Waals surface area contributed by atoms with E-state index in [0.717, 1.165) is 11.1 Å². The first-order valence-electron chi connectivity index (χ1n) is 10.1. The fourth-order valence-electron chi connectivity index (χ4n) is 4.12. The van der Waals surface area contributed by atoms with Gasteiger partial charge in [0.25, 0.3) is 5.91 Å². The summed E-state index contributed by atoms with van der Waals surface area (Å²) in [5.41, 5.74) is 8.56. The average molecular weight is 437 g/mol. The molecule has 2 amide bonds. The number of hydrogen-bond donors (Lipinski definition) is 1. The zero-order valence-electron chi connectivity index (χ0n) is 17.1. The van der Waals surface area contributed by atoms with Crippen molar-refractivity contribution >= 4 is 11.8 Å². The minimum absolute atomic E-state index is 0.0389. The monoisotopic (exact) mass is 437 g/mol.